The zero-order valence-electron chi connectivity index (χ0n) is 7.86. The van der Waals surface area contributed by atoms with Crippen LogP contribution in [0.5, 0.6) is 0 Å². The second-order valence-corrected chi connectivity index (χ2v) is 4.52. The molecule has 0 fully saturated rings. The van der Waals surface area contributed by atoms with Crippen molar-refractivity contribution in [2.75, 3.05) is 0 Å². The van der Waals surface area contributed by atoms with Gasteiger partial charge in [0.1, 0.15) is 0 Å². The van der Waals surface area contributed by atoms with Crippen molar-refractivity contribution >= 4 is 17.3 Å². The predicted octanol–water partition coefficient (Wildman–Crippen LogP) is 2.96. The minimum Gasteiger partial charge on any atom is -0.481 e. The Morgan fingerprint density at radius 2 is 2.31 bits per heavy atom. The zero-order valence-corrected chi connectivity index (χ0v) is 8.67. The van der Waals surface area contributed by atoms with E-state index in [1.54, 1.807) is 0 Å². The van der Waals surface area contributed by atoms with Crippen LogP contribution in [-0.4, -0.2) is 11.1 Å². The Morgan fingerprint density at radius 1 is 1.62 bits per heavy atom. The van der Waals surface area contributed by atoms with Gasteiger partial charge in [-0.2, -0.15) is 0 Å². The van der Waals surface area contributed by atoms with E-state index in [-0.39, 0.29) is 5.92 Å². The molecule has 0 aliphatic carbocycles. The molecule has 0 saturated heterocycles. The number of thiophene rings is 1. The first-order valence-electron chi connectivity index (χ1n) is 4.37. The van der Waals surface area contributed by atoms with Gasteiger partial charge in [0.25, 0.3) is 0 Å². The van der Waals surface area contributed by atoms with E-state index in [4.69, 9.17) is 5.11 Å². The number of hydrogen-bond acceptors (Lipinski definition) is 2. The Bertz CT molecular complexity index is 264. The first kappa shape index (κ1) is 10.3. The summed E-state index contributed by atoms with van der Waals surface area (Å²) < 4.78 is 0. The molecule has 2 nitrogen and oxygen atoms in total. The largest absolute Gasteiger partial charge is 0.481 e. The maximum atomic E-state index is 10.9. The molecule has 0 saturated carbocycles. The number of carbonyl (C=O) groups is 1. The normalized spacial score (nSPS) is 13.2. The summed E-state index contributed by atoms with van der Waals surface area (Å²) in [5.41, 5.74) is 0. The van der Waals surface area contributed by atoms with Gasteiger partial charge >= 0.3 is 5.97 Å². The van der Waals surface area contributed by atoms with Crippen molar-refractivity contribution in [2.24, 2.45) is 5.92 Å². The third-order valence-electron chi connectivity index (χ3n) is 1.89. The molecule has 0 aliphatic heterocycles. The van der Waals surface area contributed by atoms with Gasteiger partial charge in [0.15, 0.2) is 0 Å². The first-order valence-corrected chi connectivity index (χ1v) is 5.25. The Kier molecular flexibility index (Phi) is 3.48. The molecule has 0 amide bonds. The molecular formula is C10H14O2S. The Morgan fingerprint density at radius 3 is 2.69 bits per heavy atom. The molecule has 0 aliphatic rings. The average molecular weight is 198 g/mol. The van der Waals surface area contributed by atoms with E-state index in [1.807, 2.05) is 31.4 Å². The molecule has 13 heavy (non-hydrogen) atoms. The highest BCUT2D eigenvalue weighted by Gasteiger charge is 2.21. The molecular weight excluding hydrogens is 184 g/mol. The van der Waals surface area contributed by atoms with Crippen molar-refractivity contribution in [1.29, 1.82) is 0 Å². The van der Waals surface area contributed by atoms with Gasteiger partial charge in [0.2, 0.25) is 0 Å². The van der Waals surface area contributed by atoms with Crippen molar-refractivity contribution in [3.05, 3.63) is 22.4 Å². The summed E-state index contributed by atoms with van der Waals surface area (Å²) in [6, 6.07) is 3.79. The van der Waals surface area contributed by atoms with Crippen LogP contribution in [0.3, 0.4) is 0 Å². The summed E-state index contributed by atoms with van der Waals surface area (Å²) in [6.45, 7) is 4.09. The second kappa shape index (κ2) is 4.42. The van der Waals surface area contributed by atoms with Gasteiger partial charge in [-0.3, -0.25) is 4.79 Å². The van der Waals surface area contributed by atoms with Crippen LogP contribution in [-0.2, 0) is 4.79 Å². The lowest BCUT2D eigenvalue weighted by Gasteiger charge is -2.12. The van der Waals surface area contributed by atoms with E-state index in [0.717, 1.165) is 11.3 Å². The van der Waals surface area contributed by atoms with E-state index in [0.29, 0.717) is 5.92 Å². The molecule has 1 heterocycles. The van der Waals surface area contributed by atoms with Gasteiger partial charge in [-0.1, -0.05) is 19.9 Å². The molecule has 0 bridgehead atoms. The lowest BCUT2D eigenvalue weighted by atomic mass is 9.96. The third-order valence-corrected chi connectivity index (χ3v) is 2.88. The standard InChI is InChI=1S/C10H14O2S/c1-7(2)6-8(10(11)12)9-4-3-5-13-9/h3-5,7-8H,6H2,1-2H3,(H,11,12). The van der Waals surface area contributed by atoms with Crippen LogP contribution in [0.15, 0.2) is 17.5 Å². The number of carboxylic acid groups (broad SMARTS) is 1. The molecule has 0 spiro atoms. The molecule has 1 aromatic heterocycles. The summed E-state index contributed by atoms with van der Waals surface area (Å²) in [7, 11) is 0. The lowest BCUT2D eigenvalue weighted by Crippen LogP contribution is -2.12. The van der Waals surface area contributed by atoms with Crippen LogP contribution in [0.2, 0.25) is 0 Å². The highest BCUT2D eigenvalue weighted by atomic mass is 32.1. The maximum absolute atomic E-state index is 10.9. The minimum atomic E-state index is -0.712. The van der Waals surface area contributed by atoms with Crippen LogP contribution in [0.4, 0.5) is 0 Å². The summed E-state index contributed by atoms with van der Waals surface area (Å²) in [5.74, 6) is -0.612. The van der Waals surface area contributed by atoms with Gasteiger partial charge in [-0.05, 0) is 23.8 Å². The van der Waals surface area contributed by atoms with Crippen LogP contribution in [0.25, 0.3) is 0 Å². The fourth-order valence-corrected chi connectivity index (χ4v) is 2.13. The lowest BCUT2D eigenvalue weighted by molar-refractivity contribution is -0.139. The van der Waals surface area contributed by atoms with Crippen molar-refractivity contribution in [2.45, 2.75) is 26.2 Å². The third kappa shape index (κ3) is 2.84. The fourth-order valence-electron chi connectivity index (χ4n) is 1.30. The van der Waals surface area contributed by atoms with Crippen LogP contribution >= 0.6 is 11.3 Å². The smallest absolute Gasteiger partial charge is 0.311 e. The van der Waals surface area contributed by atoms with Crippen molar-refractivity contribution in [3.63, 3.8) is 0 Å². The minimum absolute atomic E-state index is 0.319. The second-order valence-electron chi connectivity index (χ2n) is 3.54. The Hall–Kier alpha value is -0.830. The molecule has 0 aromatic carbocycles. The Labute approximate surface area is 82.2 Å². The summed E-state index contributed by atoms with van der Waals surface area (Å²) in [5, 5.41) is 10.9. The van der Waals surface area contributed by atoms with E-state index < -0.39 is 5.97 Å². The van der Waals surface area contributed by atoms with E-state index in [1.165, 1.54) is 11.3 Å². The van der Waals surface area contributed by atoms with E-state index in [2.05, 4.69) is 0 Å². The molecule has 1 atom stereocenters. The number of aliphatic carboxylic acids is 1. The SMILES string of the molecule is CC(C)CC(C(=O)O)c1cccs1. The van der Waals surface area contributed by atoms with Gasteiger partial charge < -0.3 is 5.11 Å². The molecule has 1 unspecified atom stereocenters. The highest BCUT2D eigenvalue weighted by molar-refractivity contribution is 7.10. The first-order chi connectivity index (χ1) is 6.11. The van der Waals surface area contributed by atoms with E-state index >= 15 is 0 Å². The van der Waals surface area contributed by atoms with E-state index in [9.17, 15) is 4.79 Å². The number of hydrogen-bond donors (Lipinski definition) is 1. The summed E-state index contributed by atoms with van der Waals surface area (Å²) >= 11 is 1.52. The van der Waals surface area contributed by atoms with Crippen LogP contribution < -0.4 is 0 Å². The quantitative estimate of drug-likeness (QED) is 0.807. The monoisotopic (exact) mass is 198 g/mol. The molecule has 1 N–H and O–H groups in total. The highest BCUT2D eigenvalue weighted by Crippen LogP contribution is 2.27. The van der Waals surface area contributed by atoms with Gasteiger partial charge in [-0.25, -0.2) is 0 Å². The Balaban J connectivity index is 2.75. The van der Waals surface area contributed by atoms with Crippen LogP contribution in [0.1, 0.15) is 31.1 Å². The number of carboxylic acids is 1. The van der Waals surface area contributed by atoms with Gasteiger partial charge in [0.05, 0.1) is 5.92 Å². The molecule has 3 heteroatoms. The number of rotatable bonds is 4. The average Bonchev–Trinajstić information content (AvgIpc) is 2.50. The topological polar surface area (TPSA) is 37.3 Å². The van der Waals surface area contributed by atoms with Gasteiger partial charge in [-0.15, -0.1) is 11.3 Å². The predicted molar refractivity (Wildman–Crippen MR) is 54.2 cm³/mol. The zero-order chi connectivity index (χ0) is 9.84. The summed E-state index contributed by atoms with van der Waals surface area (Å²) in [6.07, 6.45) is 0.718. The molecule has 1 rings (SSSR count). The van der Waals surface area contributed by atoms with Crippen molar-refractivity contribution in [3.8, 4) is 0 Å². The molecule has 1 aromatic rings. The van der Waals surface area contributed by atoms with Gasteiger partial charge in [0, 0.05) is 4.88 Å². The van der Waals surface area contributed by atoms with Crippen LogP contribution in [0, 0.1) is 5.92 Å². The molecule has 72 valence electrons. The van der Waals surface area contributed by atoms with Crippen molar-refractivity contribution in [1.82, 2.24) is 0 Å². The maximum Gasteiger partial charge on any atom is 0.311 e. The van der Waals surface area contributed by atoms with Crippen molar-refractivity contribution < 1.29 is 9.90 Å². The summed E-state index contributed by atoms with van der Waals surface area (Å²) in [4.78, 5) is 11.9. The molecule has 0 radical (unpaired) electrons. The fraction of sp³-hybridized carbons (Fsp3) is 0.500.